The zero-order chi connectivity index (χ0) is 81.7. The number of Topliss-reactive ketones (excluding diaryl/α,β-unsaturated/α-hetero) is 3. The fourth-order valence-corrected chi connectivity index (χ4v) is 15.1. The van der Waals surface area contributed by atoms with Crippen molar-refractivity contribution < 1.29 is 53.6 Å². The van der Waals surface area contributed by atoms with E-state index in [9.17, 15) is 59.2 Å². The highest BCUT2D eigenvalue weighted by molar-refractivity contribution is 9.10. The van der Waals surface area contributed by atoms with Crippen molar-refractivity contribution in [2.45, 2.75) is 89.9 Å². The topological polar surface area (TPSA) is 290 Å². The van der Waals surface area contributed by atoms with Crippen LogP contribution in [0.25, 0.3) is 33.5 Å². The smallest absolute Gasteiger partial charge is 0.348 e. The lowest BCUT2D eigenvalue weighted by Gasteiger charge is -2.36. The second kappa shape index (κ2) is 40.5. The van der Waals surface area contributed by atoms with Crippen molar-refractivity contribution >= 4 is 136 Å². The van der Waals surface area contributed by atoms with Crippen molar-refractivity contribution in [2.24, 2.45) is 5.92 Å². The van der Waals surface area contributed by atoms with Crippen molar-refractivity contribution in [2.75, 3.05) is 75.0 Å². The summed E-state index contributed by atoms with van der Waals surface area (Å²) in [7, 11) is 1.69. The molecule has 2 aliphatic heterocycles. The Morgan fingerprint density at radius 2 is 1.26 bits per heavy atom. The molecule has 2 aromatic heterocycles. The van der Waals surface area contributed by atoms with E-state index < -0.39 is 39.0 Å². The van der Waals surface area contributed by atoms with Crippen LogP contribution in [0.5, 0.6) is 11.5 Å². The molecule has 4 N–H and O–H groups in total. The number of allylic oxidation sites excluding steroid dienone is 2. The van der Waals surface area contributed by atoms with Gasteiger partial charge < -0.3 is 35.4 Å². The molecule has 10 aromatic rings. The number of nitro benzene ring substituents is 2. The summed E-state index contributed by atoms with van der Waals surface area (Å²) in [6.45, 7) is 15.4. The molecule has 114 heavy (non-hydrogen) atoms. The quantitative estimate of drug-likeness (QED) is 0.0142. The van der Waals surface area contributed by atoms with Gasteiger partial charge in [0.15, 0.2) is 22.2 Å². The summed E-state index contributed by atoms with van der Waals surface area (Å²) in [6.07, 6.45) is 13.5. The van der Waals surface area contributed by atoms with Crippen LogP contribution < -0.4 is 20.3 Å². The number of hydrogen-bond donors (Lipinski definition) is 3. The van der Waals surface area contributed by atoms with Gasteiger partial charge in [0, 0.05) is 146 Å². The molecule has 8 aromatic carbocycles. The Balaban J connectivity index is 0.000000151. The van der Waals surface area contributed by atoms with E-state index in [1.165, 1.54) is 75.4 Å². The lowest BCUT2D eigenvalue weighted by Crippen LogP contribution is -2.50. The molecular formula is C89H89BrCl2N8O13S. The number of pyridine rings is 1. The van der Waals surface area contributed by atoms with Gasteiger partial charge in [-0.05, 0) is 165 Å². The number of phenols is 1. The predicted molar refractivity (Wildman–Crippen MR) is 456 cm³/mol. The molecule has 0 unspecified atom stereocenters. The van der Waals surface area contributed by atoms with Crippen LogP contribution in [0.1, 0.15) is 125 Å². The van der Waals surface area contributed by atoms with E-state index in [-0.39, 0.29) is 32.8 Å². The highest BCUT2D eigenvalue weighted by Crippen LogP contribution is 2.45. The minimum absolute atomic E-state index is 0.0645. The Morgan fingerprint density at radius 3 is 1.82 bits per heavy atom. The van der Waals surface area contributed by atoms with Crippen LogP contribution in [0.3, 0.4) is 0 Å². The number of benzene rings is 8. The number of anilines is 3. The minimum atomic E-state index is -1.27. The predicted octanol–water partition coefficient (Wildman–Crippen LogP) is 18.8. The largest absolute Gasteiger partial charge is 0.508 e. The van der Waals surface area contributed by atoms with Gasteiger partial charge in [-0.3, -0.25) is 49.1 Å². The number of amides is 1. The molecule has 0 bridgehead atoms. The van der Waals surface area contributed by atoms with E-state index in [0.29, 0.717) is 73.1 Å². The fraction of sp³-hybridized carbons (Fsp3) is 0.270. The Morgan fingerprint density at radius 1 is 0.684 bits per heavy atom. The number of aromatic carboxylic acids is 1. The van der Waals surface area contributed by atoms with E-state index >= 15 is 0 Å². The number of carboxylic acids is 1. The number of halogens is 3. The van der Waals surface area contributed by atoms with Crippen molar-refractivity contribution in [1.29, 1.82) is 0 Å². The Labute approximate surface area is 684 Å². The zero-order valence-corrected chi connectivity index (χ0v) is 67.8. The molecular weight excluding hydrogens is 1570 g/mol. The van der Waals surface area contributed by atoms with Gasteiger partial charge in [-0.2, -0.15) is 0 Å². The maximum Gasteiger partial charge on any atom is 0.348 e. The number of nitrogens with zero attached hydrogens (tertiary/aromatic N) is 7. The number of non-ortho nitro benzene ring substituents is 2. The number of piperazine rings is 2. The molecule has 2 aliphatic carbocycles. The highest BCUT2D eigenvalue weighted by atomic mass is 79.9. The monoisotopic (exact) mass is 1660 g/mol. The van der Waals surface area contributed by atoms with Gasteiger partial charge in [-0.15, -0.1) is 11.3 Å². The third kappa shape index (κ3) is 23.2. The number of carbonyl (C=O) groups excluding carboxylic acids is 5. The summed E-state index contributed by atoms with van der Waals surface area (Å²) in [5, 5.41) is 40.6. The first kappa shape index (κ1) is 85.2. The normalized spacial score (nSPS) is 14.1. The lowest BCUT2D eigenvalue weighted by molar-refractivity contribution is -0.385. The van der Waals surface area contributed by atoms with Gasteiger partial charge in [0.1, 0.15) is 32.9 Å². The third-order valence-electron chi connectivity index (χ3n) is 20.0. The first-order chi connectivity index (χ1) is 54.7. The number of carboxylic acid groups (broad SMARTS) is 1. The zero-order valence-electron chi connectivity index (χ0n) is 63.9. The Hall–Kier alpha value is -11.2. The van der Waals surface area contributed by atoms with E-state index in [0.717, 1.165) is 125 Å². The summed E-state index contributed by atoms with van der Waals surface area (Å²) in [6, 6.07) is 57.0. The van der Waals surface area contributed by atoms with Crippen molar-refractivity contribution in [3.8, 4) is 22.6 Å². The standard InChI is InChI=1S/C24H30O.C18H20BrN3O3.C18H12O4.C17H14N2O2S.C12H13Cl2N3O3/c1-18-12-14-22(15-13-18)8-5-6-10-24(25)11-7-9-23-17-19(2)16-20(3)21(23)4;1-25-18-7-2-15(19)12-14(18)13-20-8-10-21(11-9-20)16-3-5-17(6-4-16)22(23)24;19-12-8-5-11(6-9-12)7-10-15(20)16-17(21)13-3-1-2-4-14(13)18(16)22;18-14-13-11(9-4-2-1-3-5-9)8-12(10-6-7-10)19-16(13)22-15(14)17(20)21;13-11(14)12(18)16-7-5-15(6-8-16)9-1-3-10(4-2-9)17(19)20/h7,9,12-17H,5-6,8,10-11H2,1-4H3;2-7,12H,8-11,13H2,1H3;1-10,16,19H;1-5,8,10H,6-7,18H2,(H,20,21);1-4,11H,5-8H2/b9-7+;;10-7+;;. The van der Waals surface area contributed by atoms with Crippen LogP contribution in [0.2, 0.25) is 0 Å². The van der Waals surface area contributed by atoms with E-state index in [2.05, 4.69) is 118 Å². The molecule has 1 amide bonds. The average molecular weight is 1660 g/mol. The van der Waals surface area contributed by atoms with E-state index in [4.69, 9.17) is 33.7 Å². The Bertz CT molecular complexity index is 5130. The number of hydrogen-bond acceptors (Lipinski definition) is 18. The molecule has 0 radical (unpaired) electrons. The molecule has 0 spiro atoms. The van der Waals surface area contributed by atoms with Crippen LogP contribution in [0, 0.1) is 53.8 Å². The summed E-state index contributed by atoms with van der Waals surface area (Å²) in [4.78, 5) is 105. The highest BCUT2D eigenvalue weighted by Gasteiger charge is 2.42. The number of rotatable bonds is 22. The molecule has 1 saturated carbocycles. The first-order valence-corrected chi connectivity index (χ1v) is 39.8. The molecule has 4 heterocycles. The number of alkyl halides is 2. The number of carbonyl (C=O) groups is 6. The van der Waals surface area contributed by atoms with Crippen molar-refractivity contribution in [3.05, 3.63) is 291 Å². The molecule has 4 aliphatic rings. The molecule has 2 saturated heterocycles. The number of unbranched alkanes of at least 4 members (excludes halogenated alkanes) is 1. The maximum absolute atomic E-state index is 12.2. The summed E-state index contributed by atoms with van der Waals surface area (Å²) >= 11 is 15.8. The van der Waals surface area contributed by atoms with E-state index in [1.807, 2.05) is 60.7 Å². The van der Waals surface area contributed by atoms with Crippen LogP contribution >= 0.6 is 50.5 Å². The number of nitro groups is 2. The van der Waals surface area contributed by atoms with Gasteiger partial charge in [-0.1, -0.05) is 172 Å². The van der Waals surface area contributed by atoms with E-state index in [1.54, 1.807) is 72.7 Å². The molecule has 25 heteroatoms. The van der Waals surface area contributed by atoms with Gasteiger partial charge in [0.2, 0.25) is 0 Å². The number of phenolic OH excluding ortho intramolecular Hbond substituents is 1. The maximum atomic E-state index is 12.2. The number of nitrogen functional groups attached to an aromatic ring is 1. The second-order valence-electron chi connectivity index (χ2n) is 28.1. The number of ketones is 4. The summed E-state index contributed by atoms with van der Waals surface area (Å²) < 4.78 is 6.50. The molecule has 590 valence electrons. The number of aromatic hydroxyl groups is 1. The molecule has 14 rings (SSSR count). The number of methoxy groups -OCH3 is 1. The first-order valence-electron chi connectivity index (χ1n) is 37.4. The van der Waals surface area contributed by atoms with Crippen molar-refractivity contribution in [1.82, 2.24) is 14.8 Å². The van der Waals surface area contributed by atoms with Gasteiger partial charge in [-0.25, -0.2) is 9.78 Å². The molecule has 3 fully saturated rings. The van der Waals surface area contributed by atoms with Gasteiger partial charge in [0.05, 0.1) is 22.6 Å². The minimum Gasteiger partial charge on any atom is -0.508 e. The number of nitrogens with two attached hydrogens (primary N) is 1. The fourth-order valence-electron chi connectivity index (χ4n) is 13.4. The van der Waals surface area contributed by atoms with Crippen LogP contribution in [0.15, 0.2) is 205 Å². The second-order valence-corrected chi connectivity index (χ2v) is 31.1. The van der Waals surface area contributed by atoms with Crippen molar-refractivity contribution in [3.63, 3.8) is 0 Å². The molecule has 0 atom stereocenters. The summed E-state index contributed by atoms with van der Waals surface area (Å²) in [5.41, 5.74) is 21.9. The number of fused-ring (bicyclic) bond motifs is 2. The Kier molecular flexibility index (Phi) is 30.3. The van der Waals surface area contributed by atoms with Crippen LogP contribution in [-0.2, 0) is 27.3 Å². The average Bonchev–Trinajstić information content (AvgIpc) is 1.60. The van der Waals surface area contributed by atoms with Gasteiger partial charge in [0.25, 0.3) is 17.3 Å². The van der Waals surface area contributed by atoms with Gasteiger partial charge >= 0.3 is 5.97 Å². The third-order valence-corrected chi connectivity index (χ3v) is 22.0. The van der Waals surface area contributed by atoms with Crippen LogP contribution in [0.4, 0.5) is 28.4 Å². The number of aryl methyl sites for hydroxylation is 4. The SMILES string of the molecule is COc1ccc(Br)cc1CN1CCN(c2ccc([N+](=O)[O-])cc2)CC1.Cc1ccc(CCCCC(=O)C/C=C/c2cc(C)cc(C)c2C)cc1.Nc1c(C(=O)O)sc2nc(C3CC3)cc(-c3ccccc3)c12.O=C(/C=C/c1ccc(O)cc1)C1C(=O)c2ccccc2C1=O.O=C(C(Cl)Cl)N1CCN(c2ccc([N+](=O)[O-])cc2)CC1. The molecule has 21 nitrogen and oxygen atoms in total. The number of thiophene rings is 1. The number of aromatic nitrogens is 1. The summed E-state index contributed by atoms with van der Waals surface area (Å²) in [5.74, 6) is -2.09. The van der Waals surface area contributed by atoms with Crippen LogP contribution in [-0.4, -0.2) is 134 Å². The lowest BCUT2D eigenvalue weighted by atomic mass is 9.97. The number of ether oxygens (including phenoxy) is 1.